The number of ether oxygens (including phenoxy) is 1. The smallest absolute Gasteiger partial charge is 0.307 e. The highest BCUT2D eigenvalue weighted by Gasteiger charge is 2.28. The van der Waals surface area contributed by atoms with E-state index < -0.39 is 0 Å². The molecule has 1 aliphatic heterocycles. The van der Waals surface area contributed by atoms with Gasteiger partial charge >= 0.3 is 5.97 Å². The summed E-state index contributed by atoms with van der Waals surface area (Å²) in [4.78, 5) is 16.4. The van der Waals surface area contributed by atoms with Gasteiger partial charge in [-0.05, 0) is 31.7 Å². The first-order valence-corrected chi connectivity index (χ1v) is 8.27. The zero-order valence-corrected chi connectivity index (χ0v) is 14.5. The van der Waals surface area contributed by atoms with Gasteiger partial charge in [0.15, 0.2) is 0 Å². The van der Waals surface area contributed by atoms with E-state index in [1.165, 1.54) is 0 Å². The topological polar surface area (TPSA) is 32.8 Å². The maximum absolute atomic E-state index is 11.8. The average molecular weight is 345 g/mol. The van der Waals surface area contributed by atoms with Gasteiger partial charge in [-0.3, -0.25) is 9.69 Å². The summed E-state index contributed by atoms with van der Waals surface area (Å²) >= 11 is 12.2. The zero-order chi connectivity index (χ0) is 16.1. The third-order valence-corrected chi connectivity index (χ3v) is 4.49. The van der Waals surface area contributed by atoms with E-state index in [1.54, 1.807) is 6.07 Å². The number of nitrogens with zero attached hydrogens (tertiary/aromatic N) is 2. The van der Waals surface area contributed by atoms with E-state index in [2.05, 4.69) is 16.8 Å². The van der Waals surface area contributed by atoms with E-state index >= 15 is 0 Å². The second-order valence-electron chi connectivity index (χ2n) is 5.63. The van der Waals surface area contributed by atoms with Crippen LogP contribution >= 0.6 is 23.2 Å². The molecule has 1 heterocycles. The number of carbonyl (C=O) groups is 1. The number of esters is 1. The molecule has 0 saturated carbocycles. The molecule has 4 nitrogen and oxygen atoms in total. The van der Waals surface area contributed by atoms with Crippen molar-refractivity contribution >= 4 is 29.2 Å². The maximum Gasteiger partial charge on any atom is 0.307 e. The number of benzene rings is 1. The van der Waals surface area contributed by atoms with Crippen molar-refractivity contribution in [1.29, 1.82) is 0 Å². The summed E-state index contributed by atoms with van der Waals surface area (Å²) in [7, 11) is 2.07. The molecule has 1 unspecified atom stereocenters. The van der Waals surface area contributed by atoms with Crippen molar-refractivity contribution in [3.8, 4) is 0 Å². The lowest BCUT2D eigenvalue weighted by molar-refractivity contribution is -0.145. The van der Waals surface area contributed by atoms with E-state index in [0.717, 1.165) is 25.2 Å². The Labute approximate surface area is 141 Å². The minimum absolute atomic E-state index is 0.143. The monoisotopic (exact) mass is 344 g/mol. The molecule has 1 atom stereocenters. The Bertz CT molecular complexity index is 525. The van der Waals surface area contributed by atoms with Crippen molar-refractivity contribution in [3.63, 3.8) is 0 Å². The molecule has 0 aromatic heterocycles. The summed E-state index contributed by atoms with van der Waals surface area (Å²) in [6, 6.07) is 5.70. The Morgan fingerprint density at radius 1 is 1.36 bits per heavy atom. The molecule has 6 heteroatoms. The fourth-order valence-corrected chi connectivity index (χ4v) is 3.20. The van der Waals surface area contributed by atoms with Crippen LogP contribution in [0.3, 0.4) is 0 Å². The van der Waals surface area contributed by atoms with E-state index in [1.807, 2.05) is 19.1 Å². The standard InChI is InChI=1S/C16H22Cl2N2O2/c1-3-22-16(21)9-14-11-19(2)6-7-20(14)10-12-4-5-13(17)8-15(12)18/h4-5,8,14H,3,6-7,9-11H2,1-2H3. The van der Waals surface area contributed by atoms with Gasteiger partial charge in [-0.1, -0.05) is 29.3 Å². The molecule has 2 rings (SSSR count). The summed E-state index contributed by atoms with van der Waals surface area (Å²) in [6.07, 6.45) is 0.406. The molecule has 0 spiro atoms. The molecule has 1 aromatic rings. The highest BCUT2D eigenvalue weighted by atomic mass is 35.5. The SMILES string of the molecule is CCOC(=O)CC1CN(C)CCN1Cc1ccc(Cl)cc1Cl. The van der Waals surface area contributed by atoms with Crippen LogP contribution in [0.4, 0.5) is 0 Å². The number of piperazine rings is 1. The molecular weight excluding hydrogens is 323 g/mol. The fraction of sp³-hybridized carbons (Fsp3) is 0.562. The van der Waals surface area contributed by atoms with Gasteiger partial charge in [0, 0.05) is 42.3 Å². The van der Waals surface area contributed by atoms with Crippen LogP contribution in [0.5, 0.6) is 0 Å². The van der Waals surface area contributed by atoms with Crippen molar-refractivity contribution in [2.45, 2.75) is 25.9 Å². The molecule has 0 radical (unpaired) electrons. The number of rotatable bonds is 5. The molecule has 22 heavy (non-hydrogen) atoms. The normalized spacial score (nSPS) is 20.1. The van der Waals surface area contributed by atoms with E-state index in [9.17, 15) is 4.79 Å². The van der Waals surface area contributed by atoms with Gasteiger partial charge in [0.25, 0.3) is 0 Å². The second-order valence-corrected chi connectivity index (χ2v) is 6.48. The third kappa shape index (κ3) is 4.85. The fourth-order valence-electron chi connectivity index (χ4n) is 2.73. The van der Waals surface area contributed by atoms with E-state index in [4.69, 9.17) is 27.9 Å². The van der Waals surface area contributed by atoms with Gasteiger partial charge in [-0.2, -0.15) is 0 Å². The number of halogens is 2. The summed E-state index contributed by atoms with van der Waals surface area (Å²) in [5.41, 5.74) is 1.03. The van der Waals surface area contributed by atoms with Crippen LogP contribution in [0.1, 0.15) is 18.9 Å². The first kappa shape index (κ1) is 17.5. The van der Waals surface area contributed by atoms with Gasteiger partial charge in [-0.25, -0.2) is 0 Å². The van der Waals surface area contributed by atoms with Crippen LogP contribution < -0.4 is 0 Å². The Morgan fingerprint density at radius 2 is 2.14 bits per heavy atom. The number of hydrogen-bond donors (Lipinski definition) is 0. The van der Waals surface area contributed by atoms with Crippen LogP contribution in [0, 0.1) is 0 Å². The zero-order valence-electron chi connectivity index (χ0n) is 13.0. The number of likely N-dealkylation sites (N-methyl/N-ethyl adjacent to an activating group) is 1. The first-order valence-electron chi connectivity index (χ1n) is 7.51. The molecule has 0 N–H and O–H groups in total. The van der Waals surface area contributed by atoms with Gasteiger partial charge in [-0.15, -0.1) is 0 Å². The van der Waals surface area contributed by atoms with Crippen LogP contribution in [0.25, 0.3) is 0 Å². The van der Waals surface area contributed by atoms with Gasteiger partial charge in [0.2, 0.25) is 0 Å². The minimum Gasteiger partial charge on any atom is -0.466 e. The van der Waals surface area contributed by atoms with Crippen LogP contribution in [-0.2, 0) is 16.1 Å². The highest BCUT2D eigenvalue weighted by molar-refractivity contribution is 6.35. The summed E-state index contributed by atoms with van der Waals surface area (Å²) in [5.74, 6) is -0.144. The number of carbonyl (C=O) groups excluding carboxylic acids is 1. The van der Waals surface area contributed by atoms with Crippen molar-refractivity contribution in [2.24, 2.45) is 0 Å². The maximum atomic E-state index is 11.8. The lowest BCUT2D eigenvalue weighted by Crippen LogP contribution is -2.52. The molecule has 0 aliphatic carbocycles. The Hall–Kier alpha value is -0.810. The first-order chi connectivity index (χ1) is 10.5. The van der Waals surface area contributed by atoms with E-state index in [0.29, 0.717) is 29.6 Å². The Morgan fingerprint density at radius 3 is 2.82 bits per heavy atom. The van der Waals surface area contributed by atoms with Crippen molar-refractivity contribution in [2.75, 3.05) is 33.3 Å². The third-order valence-electron chi connectivity index (χ3n) is 3.90. The van der Waals surface area contributed by atoms with Crippen LogP contribution in [0.2, 0.25) is 10.0 Å². The Kier molecular flexibility index (Phi) is 6.50. The molecule has 1 fully saturated rings. The second kappa shape index (κ2) is 8.16. The van der Waals surface area contributed by atoms with Crippen molar-refractivity contribution in [3.05, 3.63) is 33.8 Å². The molecule has 1 aliphatic rings. The van der Waals surface area contributed by atoms with Gasteiger partial charge < -0.3 is 9.64 Å². The largest absolute Gasteiger partial charge is 0.466 e. The van der Waals surface area contributed by atoms with Crippen LogP contribution in [0.15, 0.2) is 18.2 Å². The minimum atomic E-state index is -0.144. The predicted octanol–water partition coefficient (Wildman–Crippen LogP) is 3.06. The van der Waals surface area contributed by atoms with E-state index in [-0.39, 0.29) is 12.0 Å². The van der Waals surface area contributed by atoms with Gasteiger partial charge in [0.05, 0.1) is 13.0 Å². The average Bonchev–Trinajstić information content (AvgIpc) is 2.44. The molecule has 122 valence electrons. The molecular formula is C16H22Cl2N2O2. The van der Waals surface area contributed by atoms with Crippen molar-refractivity contribution < 1.29 is 9.53 Å². The van der Waals surface area contributed by atoms with Crippen molar-refractivity contribution in [1.82, 2.24) is 9.80 Å². The molecule has 0 bridgehead atoms. The lowest BCUT2D eigenvalue weighted by atomic mass is 10.1. The summed E-state index contributed by atoms with van der Waals surface area (Å²) in [6.45, 7) is 5.70. The van der Waals surface area contributed by atoms with Gasteiger partial charge in [0.1, 0.15) is 0 Å². The molecule has 1 saturated heterocycles. The highest BCUT2D eigenvalue weighted by Crippen LogP contribution is 2.24. The van der Waals surface area contributed by atoms with Crippen LogP contribution in [-0.4, -0.2) is 55.1 Å². The Balaban J connectivity index is 2.06. The lowest BCUT2D eigenvalue weighted by Gasteiger charge is -2.39. The molecule has 0 amide bonds. The summed E-state index contributed by atoms with van der Waals surface area (Å²) in [5, 5.41) is 1.30. The summed E-state index contributed by atoms with van der Waals surface area (Å²) < 4.78 is 5.09. The number of hydrogen-bond acceptors (Lipinski definition) is 4. The predicted molar refractivity (Wildman–Crippen MR) is 89.4 cm³/mol. The quantitative estimate of drug-likeness (QED) is 0.768. The molecule has 1 aromatic carbocycles.